The molecule has 3 rings (SSSR count). The van der Waals surface area contributed by atoms with Crippen molar-refractivity contribution in [2.24, 2.45) is 4.99 Å². The van der Waals surface area contributed by atoms with E-state index < -0.39 is 5.54 Å². The number of carbonyl (C=O) groups is 1. The van der Waals surface area contributed by atoms with Crippen LogP contribution in [0, 0.1) is 0 Å². The van der Waals surface area contributed by atoms with Crippen LogP contribution in [0.25, 0.3) is 5.57 Å². The lowest BCUT2D eigenvalue weighted by molar-refractivity contribution is -0.138. The zero-order valence-electron chi connectivity index (χ0n) is 13.3. The summed E-state index contributed by atoms with van der Waals surface area (Å²) in [6.45, 7) is 3.86. The van der Waals surface area contributed by atoms with E-state index in [-0.39, 0.29) is 5.97 Å². The van der Waals surface area contributed by atoms with Gasteiger partial charge in [0, 0.05) is 12.0 Å². The van der Waals surface area contributed by atoms with Crippen LogP contribution in [-0.2, 0) is 9.53 Å². The molecule has 116 valence electrons. The summed E-state index contributed by atoms with van der Waals surface area (Å²) in [6.07, 6.45) is 2.57. The lowest BCUT2D eigenvalue weighted by atomic mass is 9.96. The molecule has 3 nitrogen and oxygen atoms in total. The summed E-state index contributed by atoms with van der Waals surface area (Å²) < 4.78 is 5.38. The van der Waals surface area contributed by atoms with Crippen LogP contribution < -0.4 is 0 Å². The Morgan fingerprint density at radius 1 is 1.09 bits per heavy atom. The van der Waals surface area contributed by atoms with Crippen molar-refractivity contribution in [1.29, 1.82) is 0 Å². The molecule has 0 aromatic heterocycles. The first-order chi connectivity index (χ1) is 11.1. The van der Waals surface area contributed by atoms with Crippen LogP contribution in [0.2, 0.25) is 0 Å². The molecule has 1 unspecified atom stereocenters. The van der Waals surface area contributed by atoms with Gasteiger partial charge in [-0.3, -0.25) is 0 Å². The van der Waals surface area contributed by atoms with Crippen molar-refractivity contribution in [3.8, 4) is 0 Å². The van der Waals surface area contributed by atoms with Crippen molar-refractivity contribution in [3.63, 3.8) is 0 Å². The highest BCUT2D eigenvalue weighted by atomic mass is 16.6. The van der Waals surface area contributed by atoms with E-state index in [1.54, 1.807) is 0 Å². The standard InChI is InChI=1S/C20H19NO2/c1-15(16-9-5-3-6-10-16)13-14-20(2)19(22)23-18(21-20)17-11-7-4-8-12-17/h3-13H,14H2,1-2H3/b15-13-. The average molecular weight is 305 g/mol. The van der Waals surface area contributed by atoms with Crippen molar-refractivity contribution in [3.05, 3.63) is 77.9 Å². The summed E-state index contributed by atoms with van der Waals surface area (Å²) in [5.74, 6) is 0.109. The van der Waals surface area contributed by atoms with Gasteiger partial charge in [0.2, 0.25) is 5.90 Å². The van der Waals surface area contributed by atoms with Gasteiger partial charge in [-0.1, -0.05) is 54.6 Å². The number of nitrogens with zero attached hydrogens (tertiary/aromatic N) is 1. The topological polar surface area (TPSA) is 38.7 Å². The second-order valence-corrected chi connectivity index (χ2v) is 5.90. The molecule has 1 atom stereocenters. The summed E-state index contributed by atoms with van der Waals surface area (Å²) in [5, 5.41) is 0. The molecule has 1 aliphatic rings. The summed E-state index contributed by atoms with van der Waals surface area (Å²) in [5.41, 5.74) is 2.24. The second-order valence-electron chi connectivity index (χ2n) is 5.90. The van der Waals surface area contributed by atoms with E-state index in [0.29, 0.717) is 12.3 Å². The van der Waals surface area contributed by atoms with Crippen LogP contribution in [0.1, 0.15) is 31.4 Å². The summed E-state index contributed by atoms with van der Waals surface area (Å²) in [7, 11) is 0. The van der Waals surface area contributed by atoms with E-state index in [1.807, 2.05) is 68.5 Å². The highest BCUT2D eigenvalue weighted by Crippen LogP contribution is 2.28. The molecule has 0 aliphatic carbocycles. The number of benzene rings is 2. The molecule has 1 aliphatic heterocycles. The Balaban J connectivity index is 1.81. The number of carbonyl (C=O) groups excluding carboxylic acids is 1. The van der Waals surface area contributed by atoms with Crippen LogP contribution in [0.4, 0.5) is 0 Å². The van der Waals surface area contributed by atoms with Gasteiger partial charge in [-0.25, -0.2) is 9.79 Å². The van der Waals surface area contributed by atoms with Crippen molar-refractivity contribution < 1.29 is 9.53 Å². The number of allylic oxidation sites excluding steroid dienone is 1. The molecule has 2 aromatic carbocycles. The lowest BCUT2D eigenvalue weighted by Gasteiger charge is -2.14. The lowest BCUT2D eigenvalue weighted by Crippen LogP contribution is -2.29. The molecule has 1 heterocycles. The van der Waals surface area contributed by atoms with E-state index in [9.17, 15) is 4.79 Å². The van der Waals surface area contributed by atoms with E-state index in [2.05, 4.69) is 17.1 Å². The maximum absolute atomic E-state index is 12.3. The highest BCUT2D eigenvalue weighted by molar-refractivity contribution is 6.07. The molecule has 0 radical (unpaired) electrons. The molecule has 2 aromatic rings. The third-order valence-electron chi connectivity index (χ3n) is 4.03. The Hall–Kier alpha value is -2.68. The van der Waals surface area contributed by atoms with Crippen molar-refractivity contribution in [2.75, 3.05) is 0 Å². The van der Waals surface area contributed by atoms with Gasteiger partial charge in [-0.15, -0.1) is 0 Å². The molecular weight excluding hydrogens is 286 g/mol. The predicted octanol–water partition coefficient (Wildman–Crippen LogP) is 4.24. The molecule has 0 bridgehead atoms. The van der Waals surface area contributed by atoms with Crippen molar-refractivity contribution in [2.45, 2.75) is 25.8 Å². The summed E-state index contributed by atoms with van der Waals surface area (Å²) >= 11 is 0. The van der Waals surface area contributed by atoms with Crippen LogP contribution >= 0.6 is 0 Å². The molecule has 0 saturated heterocycles. The van der Waals surface area contributed by atoms with Gasteiger partial charge >= 0.3 is 5.97 Å². The number of ether oxygens (including phenoxy) is 1. The van der Waals surface area contributed by atoms with Gasteiger partial charge < -0.3 is 4.74 Å². The molecule has 23 heavy (non-hydrogen) atoms. The Morgan fingerprint density at radius 2 is 1.70 bits per heavy atom. The van der Waals surface area contributed by atoms with Gasteiger partial charge in [0.05, 0.1) is 0 Å². The smallest absolute Gasteiger partial charge is 0.340 e. The fourth-order valence-corrected chi connectivity index (χ4v) is 2.49. The fourth-order valence-electron chi connectivity index (χ4n) is 2.49. The molecule has 0 N–H and O–H groups in total. The van der Waals surface area contributed by atoms with Gasteiger partial charge in [0.25, 0.3) is 0 Å². The number of cyclic esters (lactones) is 1. The summed E-state index contributed by atoms with van der Waals surface area (Å²) in [6, 6.07) is 19.6. The van der Waals surface area contributed by atoms with Gasteiger partial charge in [-0.05, 0) is 37.1 Å². The van der Waals surface area contributed by atoms with Crippen molar-refractivity contribution >= 4 is 17.4 Å². The van der Waals surface area contributed by atoms with Gasteiger partial charge in [0.15, 0.2) is 5.54 Å². The highest BCUT2D eigenvalue weighted by Gasteiger charge is 2.41. The van der Waals surface area contributed by atoms with Gasteiger partial charge in [-0.2, -0.15) is 0 Å². The first-order valence-corrected chi connectivity index (χ1v) is 7.68. The molecule has 0 amide bonds. The molecule has 0 fully saturated rings. The Labute approximate surface area is 136 Å². The number of hydrogen-bond acceptors (Lipinski definition) is 3. The maximum Gasteiger partial charge on any atom is 0.340 e. The molecule has 0 saturated carbocycles. The Bertz CT molecular complexity index is 763. The largest absolute Gasteiger partial charge is 0.405 e. The SMILES string of the molecule is C/C(=C/CC1(C)N=C(c2ccccc2)OC1=O)c1ccccc1. The van der Waals surface area contributed by atoms with E-state index in [0.717, 1.165) is 16.7 Å². The van der Waals surface area contributed by atoms with Crippen molar-refractivity contribution in [1.82, 2.24) is 0 Å². The Kier molecular flexibility index (Phi) is 4.11. The van der Waals surface area contributed by atoms with Crippen LogP contribution in [0.3, 0.4) is 0 Å². The zero-order chi connectivity index (χ0) is 16.3. The quantitative estimate of drug-likeness (QED) is 0.792. The van der Waals surface area contributed by atoms with Crippen LogP contribution in [-0.4, -0.2) is 17.4 Å². The molecule has 3 heteroatoms. The Morgan fingerprint density at radius 3 is 2.35 bits per heavy atom. The molecular formula is C20H19NO2. The first kappa shape index (κ1) is 15.2. The van der Waals surface area contributed by atoms with Crippen LogP contribution in [0.5, 0.6) is 0 Å². The maximum atomic E-state index is 12.3. The fraction of sp³-hybridized carbons (Fsp3) is 0.200. The summed E-state index contributed by atoms with van der Waals surface area (Å²) in [4.78, 5) is 16.8. The minimum Gasteiger partial charge on any atom is -0.405 e. The van der Waals surface area contributed by atoms with Crippen LogP contribution in [0.15, 0.2) is 71.7 Å². The molecule has 0 spiro atoms. The number of hydrogen-bond donors (Lipinski definition) is 0. The zero-order valence-corrected chi connectivity index (χ0v) is 13.3. The van der Waals surface area contributed by atoms with E-state index >= 15 is 0 Å². The third-order valence-corrected chi connectivity index (χ3v) is 4.03. The number of rotatable bonds is 4. The minimum atomic E-state index is -0.860. The second kappa shape index (κ2) is 6.21. The number of esters is 1. The van der Waals surface area contributed by atoms with E-state index in [1.165, 1.54) is 0 Å². The average Bonchev–Trinajstić information content (AvgIpc) is 2.90. The van der Waals surface area contributed by atoms with Gasteiger partial charge in [0.1, 0.15) is 0 Å². The monoisotopic (exact) mass is 305 g/mol. The first-order valence-electron chi connectivity index (χ1n) is 7.68. The number of aliphatic imine (C=N–C) groups is 1. The van der Waals surface area contributed by atoms with E-state index in [4.69, 9.17) is 4.74 Å². The predicted molar refractivity (Wildman–Crippen MR) is 92.2 cm³/mol. The third kappa shape index (κ3) is 3.24. The minimum absolute atomic E-state index is 0.298. The normalized spacial score (nSPS) is 21.0.